The summed E-state index contributed by atoms with van der Waals surface area (Å²) in [5.74, 6) is 2.03. The molecule has 2 unspecified atom stereocenters. The van der Waals surface area contributed by atoms with Crippen LogP contribution < -0.4 is 0 Å². The van der Waals surface area contributed by atoms with Crippen molar-refractivity contribution in [2.75, 3.05) is 51.1 Å². The summed E-state index contributed by atoms with van der Waals surface area (Å²) in [6.07, 6.45) is 44.1. The van der Waals surface area contributed by atoms with Crippen molar-refractivity contribution in [2.24, 2.45) is 0 Å². The van der Waals surface area contributed by atoms with Crippen LogP contribution in [-0.2, 0) is 26.6 Å². The molecule has 15 heteroatoms. The van der Waals surface area contributed by atoms with Crippen molar-refractivity contribution in [3.8, 4) is 0 Å². The molecule has 0 amide bonds. The van der Waals surface area contributed by atoms with Crippen LogP contribution in [0.25, 0.3) is 20.4 Å². The van der Waals surface area contributed by atoms with Crippen LogP contribution in [0.4, 0.5) is 0 Å². The molecule has 0 aliphatic rings. The SMILES string of the molecule is CCCCCCCCO[Si](CC(CSSSCC(C[Si](OCCCCCCCC)(OCCCCCCCC)OCCCCCCCC)c1nc2ccccc2s1)c1nc2ccccc2s1)(OCCCCCCCC)OCCCCCCCC. The van der Waals surface area contributed by atoms with Crippen LogP contribution in [0.15, 0.2) is 48.5 Å². The summed E-state index contributed by atoms with van der Waals surface area (Å²) in [6, 6.07) is 18.8. The highest BCUT2D eigenvalue weighted by Crippen LogP contribution is 2.46. The van der Waals surface area contributed by atoms with Gasteiger partial charge < -0.3 is 26.6 Å². The molecule has 0 spiro atoms. The number of aromatic nitrogens is 2. The van der Waals surface area contributed by atoms with Gasteiger partial charge in [-0.2, -0.15) is 0 Å². The molecule has 476 valence electrons. The van der Waals surface area contributed by atoms with Crippen LogP contribution in [0.2, 0.25) is 12.1 Å². The van der Waals surface area contributed by atoms with Crippen molar-refractivity contribution in [3.05, 3.63) is 58.5 Å². The van der Waals surface area contributed by atoms with Gasteiger partial charge in [-0.3, -0.25) is 0 Å². The zero-order valence-corrected chi connectivity index (χ0v) is 59.8. The Kier molecular flexibility index (Phi) is 45.3. The summed E-state index contributed by atoms with van der Waals surface area (Å²) in [5, 5.41) is 2.35. The first kappa shape index (κ1) is 74.9. The second-order valence-corrected chi connectivity index (χ2v) is 35.3. The van der Waals surface area contributed by atoms with Crippen molar-refractivity contribution in [2.45, 2.75) is 297 Å². The Morgan fingerprint density at radius 3 is 0.831 bits per heavy atom. The van der Waals surface area contributed by atoms with Crippen molar-refractivity contribution in [3.63, 3.8) is 0 Å². The number of para-hydroxylation sites is 2. The van der Waals surface area contributed by atoms with Gasteiger partial charge in [0, 0.05) is 75.1 Å². The Hall–Kier alpha value is -0.536. The van der Waals surface area contributed by atoms with Gasteiger partial charge in [0.25, 0.3) is 0 Å². The molecule has 4 aromatic rings. The summed E-state index contributed by atoms with van der Waals surface area (Å²) in [6.45, 7) is 18.0. The van der Waals surface area contributed by atoms with E-state index >= 15 is 0 Å². The van der Waals surface area contributed by atoms with E-state index in [2.05, 4.69) is 90.1 Å². The third kappa shape index (κ3) is 33.7. The van der Waals surface area contributed by atoms with Gasteiger partial charge in [-0.15, -0.1) is 22.7 Å². The number of hydrogen-bond acceptors (Lipinski definition) is 13. The Morgan fingerprint density at radius 2 is 0.578 bits per heavy atom. The van der Waals surface area contributed by atoms with Crippen molar-refractivity contribution >= 4 is 92.1 Å². The molecule has 0 bridgehead atoms. The molecule has 83 heavy (non-hydrogen) atoms. The Balaban J connectivity index is 1.63. The fraction of sp³-hybridized carbons (Fsp3) is 0.794. The van der Waals surface area contributed by atoms with E-state index in [1.165, 1.54) is 212 Å². The van der Waals surface area contributed by atoms with E-state index in [4.69, 9.17) is 36.5 Å². The quantitative estimate of drug-likeness (QED) is 0.0241. The lowest BCUT2D eigenvalue weighted by Crippen LogP contribution is -2.48. The third-order valence-corrected chi connectivity index (χ3v) is 28.5. The summed E-state index contributed by atoms with van der Waals surface area (Å²) in [5.41, 5.74) is 2.15. The van der Waals surface area contributed by atoms with E-state index in [1.54, 1.807) is 0 Å². The number of thiazole rings is 2. The molecule has 0 aliphatic heterocycles. The van der Waals surface area contributed by atoms with Crippen LogP contribution >= 0.6 is 54.1 Å². The van der Waals surface area contributed by atoms with E-state index in [0.29, 0.717) is 39.6 Å². The molecule has 2 aromatic heterocycles. The molecular weight excluding hydrogens is 1160 g/mol. The molecule has 2 heterocycles. The second-order valence-electron chi connectivity index (χ2n) is 23.5. The minimum Gasteiger partial charge on any atom is -0.373 e. The summed E-state index contributed by atoms with van der Waals surface area (Å²) in [4.78, 5) is 10.8. The lowest BCUT2D eigenvalue weighted by molar-refractivity contribution is 0.0533. The first-order valence-corrected chi connectivity index (χ1v) is 43.7. The normalized spacial score (nSPS) is 13.1. The van der Waals surface area contributed by atoms with Gasteiger partial charge in [-0.25, -0.2) is 9.97 Å². The fourth-order valence-electron chi connectivity index (χ4n) is 10.7. The Bertz CT molecular complexity index is 1800. The van der Waals surface area contributed by atoms with Crippen LogP contribution in [0.5, 0.6) is 0 Å². The van der Waals surface area contributed by atoms with Gasteiger partial charge in [0.05, 0.1) is 30.4 Å². The predicted molar refractivity (Wildman–Crippen MR) is 374 cm³/mol. The molecule has 0 aliphatic carbocycles. The molecule has 8 nitrogen and oxygen atoms in total. The van der Waals surface area contributed by atoms with Gasteiger partial charge in [0.2, 0.25) is 0 Å². The Morgan fingerprint density at radius 1 is 0.337 bits per heavy atom. The molecule has 2 aromatic carbocycles. The van der Waals surface area contributed by atoms with E-state index < -0.39 is 17.6 Å². The minimum absolute atomic E-state index is 0.122. The van der Waals surface area contributed by atoms with Gasteiger partial charge in [-0.05, 0) is 72.6 Å². The number of fused-ring (bicyclic) bond motifs is 2. The highest BCUT2D eigenvalue weighted by molar-refractivity contribution is 9.09. The van der Waals surface area contributed by atoms with Crippen LogP contribution in [-0.4, -0.2) is 78.7 Å². The monoisotopic (exact) mass is 1280 g/mol. The van der Waals surface area contributed by atoms with Crippen molar-refractivity contribution in [1.82, 2.24) is 9.97 Å². The lowest BCUT2D eigenvalue weighted by atomic mass is 10.1. The van der Waals surface area contributed by atoms with Crippen molar-refractivity contribution < 1.29 is 26.6 Å². The summed E-state index contributed by atoms with van der Waals surface area (Å²) >= 11 is 3.70. The topological polar surface area (TPSA) is 81.2 Å². The van der Waals surface area contributed by atoms with Crippen molar-refractivity contribution in [1.29, 1.82) is 0 Å². The molecule has 2 atom stereocenters. The molecule has 4 rings (SSSR count). The highest BCUT2D eigenvalue weighted by Gasteiger charge is 2.46. The van der Waals surface area contributed by atoms with E-state index in [9.17, 15) is 0 Å². The zero-order chi connectivity index (χ0) is 59.0. The first-order chi connectivity index (χ1) is 40.9. The maximum absolute atomic E-state index is 7.22. The molecular formula is C68H120N2O6S5Si2. The Labute approximate surface area is 531 Å². The van der Waals surface area contributed by atoms with E-state index in [1.807, 2.05) is 54.1 Å². The maximum atomic E-state index is 7.22. The summed E-state index contributed by atoms with van der Waals surface area (Å²) < 4.78 is 45.8. The standard InChI is InChI=1S/C68H120N2O6S5Si2/c1-7-13-19-25-31-41-51-71-82(72-52-42-32-26-20-14-8-2,73-53-43-33-27-21-15-9-3)59-61(67-69-63-47-37-39-49-65(63)79-67)57-77-81-78-58-62(68-70-64-48-38-40-50-66(64)80-68)60-83(74-54-44-34-28-22-16-10-4,75-55-45-35-29-23-17-11-5)76-56-46-36-30-24-18-12-6/h37-40,47-50,61-62H,7-36,41-46,51-60H2,1-6H3. The minimum atomic E-state index is -3.17. The molecule has 0 saturated heterocycles. The average molecular weight is 1280 g/mol. The van der Waals surface area contributed by atoms with Crippen LogP contribution in [0, 0.1) is 0 Å². The zero-order valence-electron chi connectivity index (χ0n) is 53.7. The molecule has 0 fully saturated rings. The van der Waals surface area contributed by atoms with E-state index in [0.717, 1.165) is 73.2 Å². The largest absolute Gasteiger partial charge is 0.501 e. The first-order valence-electron chi connectivity index (χ1n) is 34.4. The molecule has 0 radical (unpaired) electrons. The van der Waals surface area contributed by atoms with Gasteiger partial charge in [-0.1, -0.05) is 280 Å². The van der Waals surface area contributed by atoms with Gasteiger partial charge in [0.15, 0.2) is 0 Å². The van der Waals surface area contributed by atoms with Crippen LogP contribution in [0.1, 0.15) is 295 Å². The molecule has 0 N–H and O–H groups in total. The highest BCUT2D eigenvalue weighted by atomic mass is 33.5. The lowest BCUT2D eigenvalue weighted by Gasteiger charge is -2.33. The van der Waals surface area contributed by atoms with Gasteiger partial charge in [0.1, 0.15) is 0 Å². The smallest absolute Gasteiger partial charge is 0.373 e. The average Bonchev–Trinajstić information content (AvgIpc) is 4.19. The van der Waals surface area contributed by atoms with Gasteiger partial charge >= 0.3 is 17.6 Å². The number of nitrogens with zero attached hydrogens (tertiary/aromatic N) is 2. The number of unbranched alkanes of at least 4 members (excludes halogenated alkanes) is 30. The third-order valence-electron chi connectivity index (χ3n) is 15.9. The molecule has 0 saturated carbocycles. The number of rotatable bonds is 60. The number of hydrogen-bond donors (Lipinski definition) is 0. The predicted octanol–water partition coefficient (Wildman–Crippen LogP) is 23.9. The number of benzene rings is 2. The second kappa shape index (κ2) is 50.2. The fourth-order valence-corrected chi connectivity index (χ4v) is 23.8. The summed E-state index contributed by atoms with van der Waals surface area (Å²) in [7, 11) is -0.483. The van der Waals surface area contributed by atoms with E-state index in [-0.39, 0.29) is 11.8 Å². The van der Waals surface area contributed by atoms with Crippen LogP contribution in [0.3, 0.4) is 0 Å². The maximum Gasteiger partial charge on any atom is 0.501 e.